The maximum Gasteiger partial charge on any atom is 0.234 e. The summed E-state index contributed by atoms with van der Waals surface area (Å²) in [4.78, 5) is 12.3. The first-order valence-corrected chi connectivity index (χ1v) is 7.63. The van der Waals surface area contributed by atoms with Crippen molar-refractivity contribution in [3.8, 4) is 0 Å². The largest absolute Gasteiger partial charge is 0.399 e. The van der Waals surface area contributed by atoms with E-state index in [1.165, 1.54) is 18.2 Å². The van der Waals surface area contributed by atoms with Crippen LogP contribution in [0, 0.1) is 5.82 Å². The molecule has 0 saturated carbocycles. The Morgan fingerprint density at radius 3 is 2.48 bits per heavy atom. The molecule has 0 heterocycles. The van der Waals surface area contributed by atoms with E-state index in [4.69, 9.17) is 28.9 Å². The smallest absolute Gasteiger partial charge is 0.234 e. The molecule has 2 aromatic carbocycles. The van der Waals surface area contributed by atoms with Crippen LogP contribution in [0.15, 0.2) is 41.3 Å². The molecule has 0 bridgehead atoms. The lowest BCUT2D eigenvalue weighted by Gasteiger charge is -2.10. The van der Waals surface area contributed by atoms with E-state index in [-0.39, 0.29) is 27.5 Å². The standard InChI is InChI=1S/C14H11Cl2FN2OS/c15-9-5-8(18)6-10(16)14(9)19-13(20)7-21-12-4-2-1-3-11(12)17/h1-6H,7,18H2,(H,19,20). The van der Waals surface area contributed by atoms with Crippen molar-refractivity contribution in [3.05, 3.63) is 52.3 Å². The Balaban J connectivity index is 2.01. The van der Waals surface area contributed by atoms with Crippen molar-refractivity contribution in [2.45, 2.75) is 4.90 Å². The summed E-state index contributed by atoms with van der Waals surface area (Å²) in [6, 6.07) is 9.23. The molecule has 110 valence electrons. The third-order valence-corrected chi connectivity index (χ3v) is 4.17. The molecule has 21 heavy (non-hydrogen) atoms. The average molecular weight is 345 g/mol. The van der Waals surface area contributed by atoms with Crippen LogP contribution in [0.2, 0.25) is 10.0 Å². The van der Waals surface area contributed by atoms with Gasteiger partial charge in [0, 0.05) is 10.6 Å². The normalized spacial score (nSPS) is 10.4. The quantitative estimate of drug-likeness (QED) is 0.636. The van der Waals surface area contributed by atoms with Crippen LogP contribution in [0.3, 0.4) is 0 Å². The Morgan fingerprint density at radius 1 is 1.24 bits per heavy atom. The number of hydrogen-bond acceptors (Lipinski definition) is 3. The van der Waals surface area contributed by atoms with Gasteiger partial charge < -0.3 is 11.1 Å². The van der Waals surface area contributed by atoms with E-state index in [2.05, 4.69) is 5.32 Å². The molecule has 0 saturated heterocycles. The van der Waals surface area contributed by atoms with Gasteiger partial charge in [-0.3, -0.25) is 4.79 Å². The maximum atomic E-state index is 13.4. The van der Waals surface area contributed by atoms with E-state index in [0.29, 0.717) is 16.3 Å². The van der Waals surface area contributed by atoms with Crippen LogP contribution in [0.5, 0.6) is 0 Å². The summed E-state index contributed by atoms with van der Waals surface area (Å²) in [5.41, 5.74) is 6.29. The minimum atomic E-state index is -0.362. The average Bonchev–Trinajstić information content (AvgIpc) is 2.42. The lowest BCUT2D eigenvalue weighted by molar-refractivity contribution is -0.113. The number of benzene rings is 2. The van der Waals surface area contributed by atoms with Gasteiger partial charge in [0.05, 0.1) is 21.5 Å². The third-order valence-electron chi connectivity index (χ3n) is 2.52. The van der Waals surface area contributed by atoms with Gasteiger partial charge in [-0.15, -0.1) is 11.8 Å². The van der Waals surface area contributed by atoms with Gasteiger partial charge in [0.25, 0.3) is 0 Å². The summed E-state index contributed by atoms with van der Waals surface area (Å²) in [5, 5.41) is 3.10. The zero-order valence-corrected chi connectivity index (χ0v) is 13.0. The van der Waals surface area contributed by atoms with E-state index in [1.54, 1.807) is 18.2 Å². The zero-order chi connectivity index (χ0) is 15.4. The fourth-order valence-corrected chi connectivity index (χ4v) is 2.93. The van der Waals surface area contributed by atoms with Crippen LogP contribution in [-0.2, 0) is 4.79 Å². The van der Waals surface area contributed by atoms with Gasteiger partial charge in [-0.05, 0) is 24.3 Å². The number of nitrogens with one attached hydrogen (secondary N) is 1. The SMILES string of the molecule is Nc1cc(Cl)c(NC(=O)CSc2ccccc2F)c(Cl)c1. The Bertz CT molecular complexity index is 659. The third kappa shape index (κ3) is 4.27. The highest BCUT2D eigenvalue weighted by Crippen LogP contribution is 2.33. The van der Waals surface area contributed by atoms with Crippen molar-refractivity contribution in [2.24, 2.45) is 0 Å². The highest BCUT2D eigenvalue weighted by atomic mass is 35.5. The minimum Gasteiger partial charge on any atom is -0.399 e. The summed E-state index contributed by atoms with van der Waals surface area (Å²) in [7, 11) is 0. The van der Waals surface area contributed by atoms with Crippen molar-refractivity contribution >= 4 is 52.2 Å². The van der Waals surface area contributed by atoms with Crippen LogP contribution < -0.4 is 11.1 Å². The summed E-state index contributed by atoms with van der Waals surface area (Å²) in [6.07, 6.45) is 0. The fourth-order valence-electron chi connectivity index (χ4n) is 1.59. The van der Waals surface area contributed by atoms with Crippen LogP contribution >= 0.6 is 35.0 Å². The summed E-state index contributed by atoms with van der Waals surface area (Å²) < 4.78 is 13.4. The molecule has 0 fully saturated rings. The summed E-state index contributed by atoms with van der Waals surface area (Å²) in [6.45, 7) is 0. The number of rotatable bonds is 4. The van der Waals surface area contributed by atoms with Crippen molar-refractivity contribution in [1.29, 1.82) is 0 Å². The maximum absolute atomic E-state index is 13.4. The fraction of sp³-hybridized carbons (Fsp3) is 0.0714. The molecule has 0 unspecified atom stereocenters. The Hall–Kier alpha value is -1.43. The number of halogens is 3. The van der Waals surface area contributed by atoms with Gasteiger partial charge in [0.1, 0.15) is 5.82 Å². The van der Waals surface area contributed by atoms with E-state index < -0.39 is 0 Å². The van der Waals surface area contributed by atoms with Gasteiger partial charge >= 0.3 is 0 Å². The lowest BCUT2D eigenvalue weighted by atomic mass is 10.3. The highest BCUT2D eigenvalue weighted by Gasteiger charge is 2.12. The molecule has 0 aliphatic rings. The van der Waals surface area contributed by atoms with Crippen LogP contribution in [0.1, 0.15) is 0 Å². The first-order valence-electron chi connectivity index (χ1n) is 5.89. The molecule has 2 rings (SSSR count). The molecule has 0 aromatic heterocycles. The molecular formula is C14H11Cl2FN2OS. The Morgan fingerprint density at radius 2 is 1.86 bits per heavy atom. The van der Waals surface area contributed by atoms with Crippen LogP contribution in [-0.4, -0.2) is 11.7 Å². The van der Waals surface area contributed by atoms with Gasteiger partial charge in [-0.1, -0.05) is 35.3 Å². The highest BCUT2D eigenvalue weighted by molar-refractivity contribution is 8.00. The van der Waals surface area contributed by atoms with Gasteiger partial charge in [-0.25, -0.2) is 4.39 Å². The summed E-state index contributed by atoms with van der Waals surface area (Å²) in [5.74, 6) is -0.659. The number of carbonyl (C=O) groups is 1. The molecular weight excluding hydrogens is 334 g/mol. The lowest BCUT2D eigenvalue weighted by Crippen LogP contribution is -2.15. The number of amides is 1. The van der Waals surface area contributed by atoms with Crippen LogP contribution in [0.25, 0.3) is 0 Å². The number of nitrogen functional groups attached to an aromatic ring is 1. The second-order valence-corrected chi connectivity index (χ2v) is 5.96. The molecule has 0 radical (unpaired) electrons. The molecule has 0 aliphatic heterocycles. The minimum absolute atomic E-state index is 0.0397. The van der Waals surface area contributed by atoms with E-state index in [9.17, 15) is 9.18 Å². The molecule has 2 aromatic rings. The molecule has 0 aliphatic carbocycles. The molecule has 3 N–H and O–H groups in total. The Kier molecular flexibility index (Phi) is 5.33. The number of thioether (sulfide) groups is 1. The Labute approximate surface area is 135 Å². The number of nitrogens with two attached hydrogens (primary N) is 1. The van der Waals surface area contributed by atoms with E-state index >= 15 is 0 Å². The monoisotopic (exact) mass is 344 g/mol. The van der Waals surface area contributed by atoms with Gasteiger partial charge in [0.15, 0.2) is 0 Å². The second-order valence-electron chi connectivity index (χ2n) is 4.13. The first-order chi connectivity index (χ1) is 9.97. The molecule has 0 atom stereocenters. The molecule has 3 nitrogen and oxygen atoms in total. The second kappa shape index (κ2) is 7.02. The van der Waals surface area contributed by atoms with Crippen molar-refractivity contribution in [3.63, 3.8) is 0 Å². The number of carbonyl (C=O) groups excluding carboxylic acids is 1. The summed E-state index contributed by atoms with van der Waals surface area (Å²) >= 11 is 13.0. The van der Waals surface area contributed by atoms with Crippen LogP contribution in [0.4, 0.5) is 15.8 Å². The van der Waals surface area contributed by atoms with Gasteiger partial charge in [0.2, 0.25) is 5.91 Å². The topological polar surface area (TPSA) is 55.1 Å². The van der Waals surface area contributed by atoms with Gasteiger partial charge in [-0.2, -0.15) is 0 Å². The number of hydrogen-bond donors (Lipinski definition) is 2. The molecule has 1 amide bonds. The zero-order valence-electron chi connectivity index (χ0n) is 10.7. The predicted molar refractivity (Wildman–Crippen MR) is 86.6 cm³/mol. The van der Waals surface area contributed by atoms with E-state index in [0.717, 1.165) is 11.8 Å². The van der Waals surface area contributed by atoms with Crippen molar-refractivity contribution in [1.82, 2.24) is 0 Å². The van der Waals surface area contributed by atoms with Crippen molar-refractivity contribution in [2.75, 3.05) is 16.8 Å². The van der Waals surface area contributed by atoms with Crippen molar-refractivity contribution < 1.29 is 9.18 Å². The van der Waals surface area contributed by atoms with E-state index in [1.807, 2.05) is 0 Å². The molecule has 0 spiro atoms. The predicted octanol–water partition coefficient (Wildman–Crippen LogP) is 4.45. The first kappa shape index (κ1) is 15.9. The number of anilines is 2. The molecule has 7 heteroatoms.